The number of nitrogens with two attached hydrogens (primary N) is 1. The highest BCUT2D eigenvalue weighted by atomic mass is 19.4. The summed E-state index contributed by atoms with van der Waals surface area (Å²) in [6.07, 6.45) is -3.44. The van der Waals surface area contributed by atoms with Crippen LogP contribution in [-0.4, -0.2) is 11.3 Å². The van der Waals surface area contributed by atoms with Crippen molar-refractivity contribution in [3.63, 3.8) is 0 Å². The number of hydrogen-bond donors (Lipinski definition) is 1. The molecule has 1 heterocycles. The van der Waals surface area contributed by atoms with Crippen molar-refractivity contribution in [1.82, 2.24) is 4.98 Å². The van der Waals surface area contributed by atoms with E-state index in [-0.39, 0.29) is 11.3 Å². The predicted octanol–water partition coefficient (Wildman–Crippen LogP) is 3.17. The van der Waals surface area contributed by atoms with Gasteiger partial charge in [-0.25, -0.2) is 4.39 Å². The third-order valence-corrected chi connectivity index (χ3v) is 2.53. The van der Waals surface area contributed by atoms with Crippen LogP contribution in [0.25, 0.3) is 0 Å². The van der Waals surface area contributed by atoms with Crippen LogP contribution < -0.4 is 10.5 Å². The Balaban J connectivity index is 2.29. The molecule has 1 atom stereocenters. The first-order valence-corrected chi connectivity index (χ1v) is 5.58. The summed E-state index contributed by atoms with van der Waals surface area (Å²) in [5.74, 6) is -1.04. The molecule has 0 fully saturated rings. The van der Waals surface area contributed by atoms with Crippen molar-refractivity contribution in [2.75, 3.05) is 0 Å². The van der Waals surface area contributed by atoms with E-state index in [2.05, 4.69) is 9.72 Å². The Morgan fingerprint density at radius 3 is 2.55 bits per heavy atom. The topological polar surface area (TPSA) is 48.1 Å². The van der Waals surface area contributed by atoms with Crippen molar-refractivity contribution in [2.45, 2.75) is 12.4 Å². The van der Waals surface area contributed by atoms with Gasteiger partial charge in [0.1, 0.15) is 11.6 Å². The number of hydrogen-bond acceptors (Lipinski definition) is 3. The van der Waals surface area contributed by atoms with Gasteiger partial charge in [-0.15, -0.1) is 13.2 Å². The average Bonchev–Trinajstić information content (AvgIpc) is 2.37. The van der Waals surface area contributed by atoms with E-state index in [1.54, 1.807) is 0 Å². The lowest BCUT2D eigenvalue weighted by Gasteiger charge is -2.14. The van der Waals surface area contributed by atoms with Crippen molar-refractivity contribution in [2.24, 2.45) is 5.73 Å². The Labute approximate surface area is 112 Å². The van der Waals surface area contributed by atoms with E-state index >= 15 is 0 Å². The first kappa shape index (κ1) is 14.3. The van der Waals surface area contributed by atoms with Gasteiger partial charge in [0.15, 0.2) is 0 Å². The van der Waals surface area contributed by atoms with Gasteiger partial charge in [0.25, 0.3) is 0 Å². The molecule has 2 rings (SSSR count). The number of alkyl halides is 3. The number of ether oxygens (including phenoxy) is 1. The van der Waals surface area contributed by atoms with E-state index in [4.69, 9.17) is 5.73 Å². The van der Waals surface area contributed by atoms with E-state index in [9.17, 15) is 17.6 Å². The van der Waals surface area contributed by atoms with E-state index < -0.39 is 24.0 Å². The average molecular weight is 286 g/mol. The van der Waals surface area contributed by atoms with Crippen LogP contribution in [0.15, 0.2) is 42.6 Å². The number of halogens is 4. The molecule has 0 saturated heterocycles. The maximum absolute atomic E-state index is 13.5. The quantitative estimate of drug-likeness (QED) is 0.882. The van der Waals surface area contributed by atoms with E-state index in [1.807, 2.05) is 0 Å². The monoisotopic (exact) mass is 286 g/mol. The molecule has 7 heteroatoms. The Kier molecular flexibility index (Phi) is 3.89. The molecule has 2 N–H and O–H groups in total. The summed E-state index contributed by atoms with van der Waals surface area (Å²) in [4.78, 5) is 3.80. The van der Waals surface area contributed by atoms with Gasteiger partial charge in [0.2, 0.25) is 0 Å². The number of benzene rings is 1. The summed E-state index contributed by atoms with van der Waals surface area (Å²) in [6, 6.07) is 6.66. The molecule has 0 saturated carbocycles. The van der Waals surface area contributed by atoms with Crippen LogP contribution in [0.3, 0.4) is 0 Å². The summed E-state index contributed by atoms with van der Waals surface area (Å²) in [7, 11) is 0. The van der Waals surface area contributed by atoms with Crippen LogP contribution >= 0.6 is 0 Å². The normalized spacial score (nSPS) is 13.1. The van der Waals surface area contributed by atoms with Crippen LogP contribution in [0.4, 0.5) is 17.6 Å². The second-order valence-corrected chi connectivity index (χ2v) is 3.97. The maximum Gasteiger partial charge on any atom is 0.573 e. The molecule has 0 bridgehead atoms. The standard InChI is InChI=1S/C13H10F4N2O/c14-10-5-2-6-19-12(10)11(18)8-3-1-4-9(7-8)20-13(15,16)17/h1-7,11H,18H2. The van der Waals surface area contributed by atoms with Crippen LogP contribution in [0.5, 0.6) is 5.75 Å². The molecular formula is C13H10F4N2O. The van der Waals surface area contributed by atoms with E-state index in [0.717, 1.165) is 12.1 Å². The van der Waals surface area contributed by atoms with Crippen molar-refractivity contribution >= 4 is 0 Å². The Morgan fingerprint density at radius 2 is 1.90 bits per heavy atom. The molecule has 0 radical (unpaired) electrons. The van der Waals surface area contributed by atoms with Crippen molar-refractivity contribution in [3.8, 4) is 5.75 Å². The molecule has 0 aliphatic rings. The van der Waals surface area contributed by atoms with Crippen LogP contribution in [0.1, 0.15) is 17.3 Å². The van der Waals surface area contributed by atoms with Crippen LogP contribution in [0.2, 0.25) is 0 Å². The second-order valence-electron chi connectivity index (χ2n) is 3.97. The molecule has 0 aliphatic carbocycles. The Hall–Kier alpha value is -2.15. The molecule has 1 aromatic heterocycles. The van der Waals surface area contributed by atoms with E-state index in [0.29, 0.717) is 0 Å². The van der Waals surface area contributed by atoms with Crippen LogP contribution in [-0.2, 0) is 0 Å². The molecule has 0 amide bonds. The van der Waals surface area contributed by atoms with Crippen LogP contribution in [0, 0.1) is 5.82 Å². The van der Waals surface area contributed by atoms with Gasteiger partial charge in [0.05, 0.1) is 11.7 Å². The molecule has 3 nitrogen and oxygen atoms in total. The van der Waals surface area contributed by atoms with E-state index in [1.165, 1.54) is 30.5 Å². The zero-order valence-corrected chi connectivity index (χ0v) is 10.1. The fourth-order valence-corrected chi connectivity index (χ4v) is 1.69. The van der Waals surface area contributed by atoms with Crippen molar-refractivity contribution in [1.29, 1.82) is 0 Å². The number of nitrogens with zero attached hydrogens (tertiary/aromatic N) is 1. The lowest BCUT2D eigenvalue weighted by atomic mass is 10.0. The van der Waals surface area contributed by atoms with Gasteiger partial charge >= 0.3 is 6.36 Å². The second kappa shape index (κ2) is 5.46. The molecule has 1 unspecified atom stereocenters. The zero-order valence-electron chi connectivity index (χ0n) is 10.1. The number of pyridine rings is 1. The predicted molar refractivity (Wildman–Crippen MR) is 63.4 cm³/mol. The molecule has 2 aromatic rings. The molecular weight excluding hydrogens is 276 g/mol. The highest BCUT2D eigenvalue weighted by Crippen LogP contribution is 2.27. The molecule has 0 spiro atoms. The summed E-state index contributed by atoms with van der Waals surface area (Å²) in [5.41, 5.74) is 6.03. The summed E-state index contributed by atoms with van der Waals surface area (Å²) >= 11 is 0. The Morgan fingerprint density at radius 1 is 1.15 bits per heavy atom. The highest BCUT2D eigenvalue weighted by molar-refractivity contribution is 5.34. The van der Waals surface area contributed by atoms with Gasteiger partial charge in [0, 0.05) is 6.20 Å². The Bertz CT molecular complexity index is 601. The van der Waals surface area contributed by atoms with Gasteiger partial charge in [-0.05, 0) is 29.8 Å². The minimum atomic E-state index is -4.79. The maximum atomic E-state index is 13.5. The lowest BCUT2D eigenvalue weighted by Crippen LogP contribution is -2.18. The molecule has 106 valence electrons. The summed E-state index contributed by atoms with van der Waals surface area (Å²) in [5, 5.41) is 0. The van der Waals surface area contributed by atoms with Crippen molar-refractivity contribution in [3.05, 3.63) is 59.7 Å². The van der Waals surface area contributed by atoms with Gasteiger partial charge in [-0.2, -0.15) is 0 Å². The fourth-order valence-electron chi connectivity index (χ4n) is 1.69. The highest BCUT2D eigenvalue weighted by Gasteiger charge is 2.31. The third kappa shape index (κ3) is 3.45. The molecule has 0 aliphatic heterocycles. The van der Waals surface area contributed by atoms with Gasteiger partial charge < -0.3 is 10.5 Å². The SMILES string of the molecule is NC(c1cccc(OC(F)(F)F)c1)c1ncccc1F. The lowest BCUT2D eigenvalue weighted by molar-refractivity contribution is -0.274. The fraction of sp³-hybridized carbons (Fsp3) is 0.154. The molecule has 20 heavy (non-hydrogen) atoms. The third-order valence-electron chi connectivity index (χ3n) is 2.53. The van der Waals surface area contributed by atoms with Crippen molar-refractivity contribution < 1.29 is 22.3 Å². The number of aromatic nitrogens is 1. The largest absolute Gasteiger partial charge is 0.573 e. The first-order chi connectivity index (χ1) is 9.37. The molecule has 1 aromatic carbocycles. The number of rotatable bonds is 3. The summed E-state index contributed by atoms with van der Waals surface area (Å²) in [6.45, 7) is 0. The van der Waals surface area contributed by atoms with Gasteiger partial charge in [-0.1, -0.05) is 12.1 Å². The summed E-state index contributed by atoms with van der Waals surface area (Å²) < 4.78 is 53.7. The minimum absolute atomic E-state index is 0.0448. The zero-order chi connectivity index (χ0) is 14.8. The minimum Gasteiger partial charge on any atom is -0.406 e. The van der Waals surface area contributed by atoms with Gasteiger partial charge in [-0.3, -0.25) is 4.98 Å². The first-order valence-electron chi connectivity index (χ1n) is 5.58. The smallest absolute Gasteiger partial charge is 0.406 e.